The number of nitrogens with zero attached hydrogens (tertiary/aromatic N) is 4. The van der Waals surface area contributed by atoms with Crippen LogP contribution in [0.25, 0.3) is 11.5 Å². The van der Waals surface area contributed by atoms with Gasteiger partial charge in [0.1, 0.15) is 0 Å². The summed E-state index contributed by atoms with van der Waals surface area (Å²) in [5.74, 6) is 0.387. The second-order valence-corrected chi connectivity index (χ2v) is 7.72. The van der Waals surface area contributed by atoms with Gasteiger partial charge >= 0.3 is 0 Å². The lowest BCUT2D eigenvalue weighted by Gasteiger charge is -2.05. The Morgan fingerprint density at radius 3 is 2.76 bits per heavy atom. The highest BCUT2D eigenvalue weighted by atomic mass is 32.2. The number of aromatic nitrogens is 4. The summed E-state index contributed by atoms with van der Waals surface area (Å²) in [5, 5.41) is 13.4. The van der Waals surface area contributed by atoms with Gasteiger partial charge in [0, 0.05) is 18.2 Å². The molecule has 0 spiro atoms. The molecule has 0 atom stereocenters. The lowest BCUT2D eigenvalue weighted by molar-refractivity contribution is -0.114. The van der Waals surface area contributed by atoms with E-state index in [4.69, 9.17) is 4.52 Å². The van der Waals surface area contributed by atoms with Gasteiger partial charge in [-0.3, -0.25) is 9.52 Å². The molecule has 0 bridgehead atoms. The molecule has 0 aliphatic carbocycles. The first-order valence-electron chi connectivity index (χ1n) is 6.88. The van der Waals surface area contributed by atoms with Gasteiger partial charge in [0.05, 0.1) is 0 Å². The molecule has 0 aliphatic rings. The number of benzene rings is 1. The number of amides is 1. The second kappa shape index (κ2) is 6.57. The summed E-state index contributed by atoms with van der Waals surface area (Å²) in [6.07, 6.45) is 0. The molecule has 130 valence electrons. The largest absolute Gasteiger partial charge is 0.334 e. The number of nitrogens with one attached hydrogen (secondary N) is 2. The Bertz CT molecular complexity index is 1030. The lowest BCUT2D eigenvalue weighted by atomic mass is 10.2. The number of aryl methyl sites for hydroxylation is 1. The van der Waals surface area contributed by atoms with E-state index in [-0.39, 0.29) is 21.3 Å². The first-order valence-corrected chi connectivity index (χ1v) is 9.18. The van der Waals surface area contributed by atoms with Crippen molar-refractivity contribution in [3.63, 3.8) is 0 Å². The number of carbonyl (C=O) groups excluding carboxylic acids is 1. The van der Waals surface area contributed by atoms with E-state index in [0.29, 0.717) is 17.1 Å². The highest BCUT2D eigenvalue weighted by Crippen LogP contribution is 2.25. The summed E-state index contributed by atoms with van der Waals surface area (Å²) in [6, 6.07) is 6.49. The Labute approximate surface area is 146 Å². The van der Waals surface area contributed by atoms with Gasteiger partial charge in [-0.15, -0.1) is 10.2 Å². The van der Waals surface area contributed by atoms with E-state index in [9.17, 15) is 13.2 Å². The molecule has 25 heavy (non-hydrogen) atoms. The molecule has 0 saturated carbocycles. The third-order valence-electron chi connectivity index (χ3n) is 2.81. The van der Waals surface area contributed by atoms with Gasteiger partial charge in [-0.1, -0.05) is 22.6 Å². The molecule has 3 aromatic rings. The van der Waals surface area contributed by atoms with Gasteiger partial charge in [0.2, 0.25) is 11.0 Å². The summed E-state index contributed by atoms with van der Waals surface area (Å²) in [6.45, 7) is 2.97. The smallest absolute Gasteiger partial charge is 0.291 e. The molecule has 3 rings (SSSR count). The maximum absolute atomic E-state index is 12.4. The Morgan fingerprint density at radius 2 is 2.08 bits per heavy atom. The van der Waals surface area contributed by atoms with E-state index in [1.165, 1.54) is 6.92 Å². The van der Waals surface area contributed by atoms with E-state index in [1.54, 1.807) is 31.2 Å². The normalized spacial score (nSPS) is 11.3. The zero-order valence-electron chi connectivity index (χ0n) is 13.0. The number of hydrogen-bond acceptors (Lipinski definition) is 9. The molecule has 1 amide bonds. The standard InChI is InChI=1S/C13H12N6O4S2/c1-7-14-11(23-18-7)9-4-3-5-10(6-9)19-25(21,22)13-17-16-12(24-13)15-8(2)20/h3-6,19H,1-2H3,(H,15,16,20). The van der Waals surface area contributed by atoms with Crippen molar-refractivity contribution < 1.29 is 17.7 Å². The van der Waals surface area contributed by atoms with Crippen molar-refractivity contribution in [1.29, 1.82) is 0 Å². The monoisotopic (exact) mass is 380 g/mol. The van der Waals surface area contributed by atoms with Crippen molar-refractivity contribution in [2.24, 2.45) is 0 Å². The van der Waals surface area contributed by atoms with Crippen molar-refractivity contribution in [3.8, 4) is 11.5 Å². The summed E-state index contributed by atoms with van der Waals surface area (Å²) in [5.41, 5.74) is 0.863. The van der Waals surface area contributed by atoms with E-state index in [0.717, 1.165) is 11.3 Å². The van der Waals surface area contributed by atoms with Gasteiger partial charge in [-0.25, -0.2) is 0 Å². The number of sulfonamides is 1. The Morgan fingerprint density at radius 1 is 1.28 bits per heavy atom. The molecule has 10 nitrogen and oxygen atoms in total. The number of rotatable bonds is 5. The molecule has 0 unspecified atom stereocenters. The summed E-state index contributed by atoms with van der Waals surface area (Å²) >= 11 is 0.746. The Hall–Kier alpha value is -2.86. The number of carbonyl (C=O) groups is 1. The maximum atomic E-state index is 12.4. The molecule has 0 saturated heterocycles. The number of hydrogen-bond donors (Lipinski definition) is 2. The molecule has 0 radical (unpaired) electrons. The van der Waals surface area contributed by atoms with Crippen LogP contribution < -0.4 is 10.0 Å². The molecule has 1 aromatic carbocycles. The van der Waals surface area contributed by atoms with E-state index in [1.807, 2.05) is 0 Å². The van der Waals surface area contributed by atoms with Gasteiger partial charge < -0.3 is 9.84 Å². The summed E-state index contributed by atoms with van der Waals surface area (Å²) in [7, 11) is -3.95. The van der Waals surface area contributed by atoms with Crippen LogP contribution in [0.15, 0.2) is 33.1 Å². The van der Waals surface area contributed by atoms with Crippen LogP contribution in [0.4, 0.5) is 10.8 Å². The molecular weight excluding hydrogens is 368 g/mol. The van der Waals surface area contributed by atoms with E-state index < -0.39 is 10.0 Å². The highest BCUT2D eigenvalue weighted by Gasteiger charge is 2.21. The molecule has 0 aliphatic heterocycles. The first kappa shape index (κ1) is 17.0. The first-order chi connectivity index (χ1) is 11.8. The molecule has 0 fully saturated rings. The van der Waals surface area contributed by atoms with Crippen molar-refractivity contribution in [3.05, 3.63) is 30.1 Å². The molecule has 2 N–H and O–H groups in total. The average Bonchev–Trinajstić information content (AvgIpc) is 3.16. The predicted octanol–water partition coefficient (Wildman–Crippen LogP) is 1.66. The molecule has 12 heteroatoms. The zero-order chi connectivity index (χ0) is 18.0. The summed E-state index contributed by atoms with van der Waals surface area (Å²) in [4.78, 5) is 15.1. The van der Waals surface area contributed by atoms with Crippen molar-refractivity contribution in [2.75, 3.05) is 10.0 Å². The highest BCUT2D eigenvalue weighted by molar-refractivity contribution is 7.94. The molecule has 2 aromatic heterocycles. The number of anilines is 2. The average molecular weight is 380 g/mol. The van der Waals surface area contributed by atoms with Crippen LogP contribution in [0, 0.1) is 6.92 Å². The van der Waals surface area contributed by atoms with Crippen molar-refractivity contribution in [1.82, 2.24) is 20.3 Å². The van der Waals surface area contributed by atoms with E-state index in [2.05, 4.69) is 30.4 Å². The SMILES string of the molecule is CC(=O)Nc1nnc(S(=O)(=O)Nc2cccc(-c3nc(C)no3)c2)s1. The molecule has 2 heterocycles. The van der Waals surface area contributed by atoms with Crippen LogP contribution in [0.1, 0.15) is 12.7 Å². The Kier molecular flexibility index (Phi) is 4.46. The van der Waals surface area contributed by atoms with E-state index >= 15 is 0 Å². The zero-order valence-corrected chi connectivity index (χ0v) is 14.7. The fourth-order valence-electron chi connectivity index (χ4n) is 1.85. The quantitative estimate of drug-likeness (QED) is 0.637. The van der Waals surface area contributed by atoms with Crippen LogP contribution in [0.5, 0.6) is 0 Å². The van der Waals surface area contributed by atoms with Crippen LogP contribution >= 0.6 is 11.3 Å². The minimum absolute atomic E-state index is 0.1000. The minimum Gasteiger partial charge on any atom is -0.334 e. The minimum atomic E-state index is -3.95. The second-order valence-electron chi connectivity index (χ2n) is 4.89. The topological polar surface area (TPSA) is 140 Å². The Balaban J connectivity index is 1.83. The van der Waals surface area contributed by atoms with Crippen molar-refractivity contribution >= 4 is 38.1 Å². The third kappa shape index (κ3) is 3.97. The van der Waals surface area contributed by atoms with Crippen LogP contribution in [0.3, 0.4) is 0 Å². The van der Waals surface area contributed by atoms with Crippen molar-refractivity contribution in [2.45, 2.75) is 18.2 Å². The lowest BCUT2D eigenvalue weighted by Crippen LogP contribution is -2.12. The fourth-order valence-corrected chi connectivity index (χ4v) is 3.85. The predicted molar refractivity (Wildman–Crippen MR) is 89.5 cm³/mol. The maximum Gasteiger partial charge on any atom is 0.291 e. The van der Waals surface area contributed by atoms with Gasteiger partial charge in [-0.05, 0) is 25.1 Å². The van der Waals surface area contributed by atoms with Crippen LogP contribution in [-0.4, -0.2) is 34.7 Å². The fraction of sp³-hybridized carbons (Fsp3) is 0.154. The van der Waals surface area contributed by atoms with Crippen LogP contribution in [0.2, 0.25) is 0 Å². The van der Waals surface area contributed by atoms with Crippen LogP contribution in [-0.2, 0) is 14.8 Å². The van der Waals surface area contributed by atoms with Gasteiger partial charge in [-0.2, -0.15) is 13.4 Å². The summed E-state index contributed by atoms with van der Waals surface area (Å²) < 4.78 is 32.0. The van der Waals surface area contributed by atoms with Gasteiger partial charge in [0.15, 0.2) is 5.82 Å². The van der Waals surface area contributed by atoms with Gasteiger partial charge in [0.25, 0.3) is 20.3 Å². The third-order valence-corrected chi connectivity index (χ3v) is 5.40. The molecular formula is C13H12N6O4S2.